The fourth-order valence-electron chi connectivity index (χ4n) is 10.8. The molecule has 284 valence electrons. The second kappa shape index (κ2) is 13.0. The summed E-state index contributed by atoms with van der Waals surface area (Å²) in [5, 5.41) is 7.45. The van der Waals surface area contributed by atoms with Crippen molar-refractivity contribution in [3.63, 3.8) is 0 Å². The quantitative estimate of drug-likeness (QED) is 0.165. The lowest BCUT2D eigenvalue weighted by Gasteiger charge is -2.34. The molecule has 0 fully saturated rings. The third kappa shape index (κ3) is 4.79. The molecular weight excluding hydrogens is 737 g/mol. The highest BCUT2D eigenvalue weighted by Crippen LogP contribution is 2.57. The largest absolute Gasteiger partial charge is 0.309 e. The zero-order valence-electron chi connectivity index (χ0n) is 33.3. The minimum absolute atomic E-state index is 0.498. The molecule has 0 aliphatic heterocycles. The van der Waals surface area contributed by atoms with Gasteiger partial charge < -0.3 is 9.13 Å². The van der Waals surface area contributed by atoms with Gasteiger partial charge in [-0.1, -0.05) is 170 Å². The number of hydrogen-bond acceptors (Lipinski definition) is 0. The van der Waals surface area contributed by atoms with Gasteiger partial charge in [0.2, 0.25) is 0 Å². The van der Waals surface area contributed by atoms with Gasteiger partial charge in [0.05, 0.1) is 33.2 Å². The van der Waals surface area contributed by atoms with Crippen molar-refractivity contribution in [3.05, 3.63) is 253 Å². The molecule has 0 radical (unpaired) electrons. The molecule has 0 amide bonds. The van der Waals surface area contributed by atoms with E-state index in [0.717, 1.165) is 0 Å². The smallest absolute Gasteiger partial charge is 0.0714 e. The maximum Gasteiger partial charge on any atom is 0.0714 e. The number of fused-ring (bicyclic) bond motifs is 10. The van der Waals surface area contributed by atoms with Gasteiger partial charge in [-0.3, -0.25) is 0 Å². The van der Waals surface area contributed by atoms with Gasteiger partial charge in [-0.2, -0.15) is 0 Å². The highest BCUT2D eigenvalue weighted by molar-refractivity contribution is 6.15. The van der Waals surface area contributed by atoms with Crippen LogP contribution in [0.15, 0.2) is 231 Å². The van der Waals surface area contributed by atoms with Crippen LogP contribution >= 0.6 is 0 Å². The van der Waals surface area contributed by atoms with Crippen molar-refractivity contribution in [2.75, 3.05) is 0 Å². The van der Waals surface area contributed by atoms with E-state index in [1.54, 1.807) is 0 Å². The molecule has 1 aliphatic carbocycles. The van der Waals surface area contributed by atoms with Crippen molar-refractivity contribution < 1.29 is 0 Å². The standard InChI is InChI=1S/C59H38N2/c1-4-19-42(20-5-1)59(43-21-6-2-7-22-43)52-28-14-12-26-46(52)48-37-51-50-36-41(32-34-57(50)61(58(51)38-53(48)59)54-30-16-18-39-17-10-11-25-45(39)54)40-31-33-56-49(35-40)47-27-13-15-29-55(47)60(56)44-23-8-3-9-24-44/h1-38H. The normalized spacial score (nSPS) is 13.0. The lowest BCUT2D eigenvalue weighted by Crippen LogP contribution is -2.28. The second-order valence-corrected chi connectivity index (χ2v) is 16.4. The topological polar surface area (TPSA) is 9.86 Å². The Morgan fingerprint density at radius 1 is 0.295 bits per heavy atom. The maximum atomic E-state index is 2.53. The summed E-state index contributed by atoms with van der Waals surface area (Å²) < 4.78 is 4.91. The van der Waals surface area contributed by atoms with E-state index in [0.29, 0.717) is 0 Å². The summed E-state index contributed by atoms with van der Waals surface area (Å²) in [7, 11) is 0. The summed E-state index contributed by atoms with van der Waals surface area (Å²) in [5.74, 6) is 0. The van der Waals surface area contributed by atoms with Gasteiger partial charge in [0.15, 0.2) is 0 Å². The maximum absolute atomic E-state index is 2.53. The minimum Gasteiger partial charge on any atom is -0.309 e. The number of hydrogen-bond donors (Lipinski definition) is 0. The van der Waals surface area contributed by atoms with E-state index in [2.05, 4.69) is 240 Å². The summed E-state index contributed by atoms with van der Waals surface area (Å²) in [6.07, 6.45) is 0. The van der Waals surface area contributed by atoms with E-state index in [9.17, 15) is 0 Å². The van der Waals surface area contributed by atoms with Gasteiger partial charge in [-0.15, -0.1) is 0 Å². The molecule has 2 aromatic heterocycles. The Kier molecular flexibility index (Phi) is 7.26. The van der Waals surface area contributed by atoms with Gasteiger partial charge in [-0.05, 0) is 111 Å². The van der Waals surface area contributed by atoms with Crippen LogP contribution in [-0.2, 0) is 5.41 Å². The average Bonchev–Trinajstić information content (AvgIpc) is 3.94. The zero-order chi connectivity index (χ0) is 40.1. The van der Waals surface area contributed by atoms with Crippen LogP contribution in [0.5, 0.6) is 0 Å². The first-order valence-corrected chi connectivity index (χ1v) is 21.2. The molecular formula is C59H38N2. The Morgan fingerprint density at radius 3 is 1.57 bits per heavy atom. The number of benzene rings is 10. The molecule has 0 spiro atoms. The van der Waals surface area contributed by atoms with Gasteiger partial charge in [0, 0.05) is 32.6 Å². The second-order valence-electron chi connectivity index (χ2n) is 16.4. The summed E-state index contributed by atoms with van der Waals surface area (Å²) in [6, 6.07) is 85.4. The molecule has 0 saturated carbocycles. The van der Waals surface area contributed by atoms with Crippen LogP contribution in [0.25, 0.3) is 88.0 Å². The fourth-order valence-corrected chi connectivity index (χ4v) is 10.8. The van der Waals surface area contributed by atoms with Crippen molar-refractivity contribution in [2.24, 2.45) is 0 Å². The molecule has 13 rings (SSSR count). The first-order chi connectivity index (χ1) is 30.3. The van der Waals surface area contributed by atoms with Crippen LogP contribution in [0.2, 0.25) is 0 Å². The Morgan fingerprint density at radius 2 is 0.836 bits per heavy atom. The SMILES string of the molecule is c1ccc(-n2c3ccccc3c3cc(-c4ccc5c(c4)c4cc6c(cc4n5-c4cccc5ccccc45)C(c4ccccc4)(c4ccccc4)c4ccccc4-6)ccc32)cc1. The van der Waals surface area contributed by atoms with Crippen molar-refractivity contribution in [3.8, 4) is 33.6 Å². The molecule has 10 aromatic carbocycles. The van der Waals surface area contributed by atoms with Gasteiger partial charge >= 0.3 is 0 Å². The molecule has 2 heteroatoms. The first kappa shape index (κ1) is 34.0. The lowest BCUT2D eigenvalue weighted by atomic mass is 9.67. The van der Waals surface area contributed by atoms with Crippen LogP contribution in [0.1, 0.15) is 22.3 Å². The molecule has 0 saturated heterocycles. The van der Waals surface area contributed by atoms with E-state index in [4.69, 9.17) is 0 Å². The van der Waals surface area contributed by atoms with E-state index < -0.39 is 5.41 Å². The Bertz CT molecular complexity index is 3640. The number of nitrogens with zero attached hydrogens (tertiary/aromatic N) is 2. The predicted molar refractivity (Wildman–Crippen MR) is 255 cm³/mol. The molecule has 12 aromatic rings. The molecule has 0 N–H and O–H groups in total. The average molecular weight is 775 g/mol. The van der Waals surface area contributed by atoms with Crippen LogP contribution in [0.4, 0.5) is 0 Å². The van der Waals surface area contributed by atoms with Gasteiger partial charge in [0.1, 0.15) is 0 Å². The minimum atomic E-state index is -0.498. The van der Waals surface area contributed by atoms with Crippen molar-refractivity contribution >= 4 is 54.4 Å². The van der Waals surface area contributed by atoms with Gasteiger partial charge in [0.25, 0.3) is 0 Å². The van der Waals surface area contributed by atoms with Crippen molar-refractivity contribution in [1.29, 1.82) is 0 Å². The molecule has 0 bridgehead atoms. The third-order valence-corrected chi connectivity index (χ3v) is 13.4. The van der Waals surface area contributed by atoms with E-state index in [1.165, 1.54) is 110 Å². The Labute approximate surface area is 353 Å². The molecule has 1 aliphatic rings. The lowest BCUT2D eigenvalue weighted by molar-refractivity contribution is 0.769. The molecule has 2 nitrogen and oxygen atoms in total. The van der Waals surface area contributed by atoms with Gasteiger partial charge in [-0.25, -0.2) is 0 Å². The van der Waals surface area contributed by atoms with Crippen LogP contribution < -0.4 is 0 Å². The monoisotopic (exact) mass is 774 g/mol. The zero-order valence-corrected chi connectivity index (χ0v) is 33.3. The van der Waals surface area contributed by atoms with E-state index >= 15 is 0 Å². The number of rotatable bonds is 5. The van der Waals surface area contributed by atoms with Crippen molar-refractivity contribution in [1.82, 2.24) is 9.13 Å². The molecule has 0 atom stereocenters. The highest BCUT2D eigenvalue weighted by Gasteiger charge is 2.46. The Balaban J connectivity index is 1.12. The molecule has 2 heterocycles. The third-order valence-electron chi connectivity index (χ3n) is 13.4. The van der Waals surface area contributed by atoms with Crippen LogP contribution in [-0.4, -0.2) is 9.13 Å². The van der Waals surface area contributed by atoms with E-state index in [1.807, 2.05) is 0 Å². The summed E-state index contributed by atoms with van der Waals surface area (Å²) in [5.41, 5.74) is 16.8. The number of para-hydroxylation sites is 2. The summed E-state index contributed by atoms with van der Waals surface area (Å²) >= 11 is 0. The van der Waals surface area contributed by atoms with Crippen molar-refractivity contribution in [2.45, 2.75) is 5.41 Å². The summed E-state index contributed by atoms with van der Waals surface area (Å²) in [6.45, 7) is 0. The summed E-state index contributed by atoms with van der Waals surface area (Å²) in [4.78, 5) is 0. The van der Waals surface area contributed by atoms with Crippen LogP contribution in [0, 0.1) is 0 Å². The first-order valence-electron chi connectivity index (χ1n) is 21.2. The van der Waals surface area contributed by atoms with E-state index in [-0.39, 0.29) is 0 Å². The molecule has 61 heavy (non-hydrogen) atoms. The highest BCUT2D eigenvalue weighted by atomic mass is 15.0. The molecule has 0 unspecified atom stereocenters. The van der Waals surface area contributed by atoms with Crippen LogP contribution in [0.3, 0.4) is 0 Å². The fraction of sp³-hybridized carbons (Fsp3) is 0.0169. The predicted octanol–water partition coefficient (Wildman–Crippen LogP) is 15.1. The number of aromatic nitrogens is 2. The Hall–Kier alpha value is -7.94.